The third kappa shape index (κ3) is 2.19. The molecule has 0 radical (unpaired) electrons. The summed E-state index contributed by atoms with van der Waals surface area (Å²) in [5.74, 6) is -12.6. The topological polar surface area (TPSA) is 95.2 Å². The summed E-state index contributed by atoms with van der Waals surface area (Å²) in [5.41, 5.74) is -0.964. The highest BCUT2D eigenvalue weighted by Gasteiger charge is 2.44. The van der Waals surface area contributed by atoms with E-state index in [9.17, 15) is 17.6 Å². The highest BCUT2D eigenvalue weighted by molar-refractivity contribution is 5.65. The second-order valence-electron chi connectivity index (χ2n) is 3.69. The number of nitrogens with one attached hydrogen (secondary N) is 1. The zero-order chi connectivity index (χ0) is 15.4. The van der Waals surface area contributed by atoms with E-state index in [0.717, 1.165) is 0 Å². The fourth-order valence-electron chi connectivity index (χ4n) is 1.68. The lowest BCUT2D eigenvalue weighted by Crippen LogP contribution is -2.23. The molecule has 100 valence electrons. The van der Waals surface area contributed by atoms with Crippen molar-refractivity contribution in [3.05, 3.63) is 28.9 Å². The van der Waals surface area contributed by atoms with Crippen LogP contribution in [0.4, 0.5) is 17.6 Å². The maximum Gasteiger partial charge on any atom is 0.148 e. The van der Waals surface area contributed by atoms with Crippen molar-refractivity contribution in [1.82, 2.24) is 0 Å². The van der Waals surface area contributed by atoms with E-state index in [2.05, 4.69) is 0 Å². The van der Waals surface area contributed by atoms with Crippen LogP contribution in [0.2, 0.25) is 0 Å². The Bertz CT molecular complexity index is 640. The Morgan fingerprint density at radius 1 is 0.950 bits per heavy atom. The van der Waals surface area contributed by atoms with E-state index in [1.807, 2.05) is 0 Å². The van der Waals surface area contributed by atoms with Crippen LogP contribution in [0, 0.1) is 57.2 Å². The fourth-order valence-corrected chi connectivity index (χ4v) is 1.68. The van der Waals surface area contributed by atoms with Gasteiger partial charge in [0.1, 0.15) is 46.8 Å². The summed E-state index contributed by atoms with van der Waals surface area (Å²) in [4.78, 5) is 0. The number of hydrogen-bond acceptors (Lipinski definition) is 4. The van der Waals surface area contributed by atoms with Crippen LogP contribution in [0.5, 0.6) is 0 Å². The van der Waals surface area contributed by atoms with E-state index in [0.29, 0.717) is 0 Å². The van der Waals surface area contributed by atoms with E-state index >= 15 is 0 Å². The van der Waals surface area contributed by atoms with E-state index < -0.39 is 46.6 Å². The number of nitriles is 3. The van der Waals surface area contributed by atoms with Gasteiger partial charge in [0, 0.05) is 0 Å². The summed E-state index contributed by atoms with van der Waals surface area (Å²) >= 11 is 0. The van der Waals surface area contributed by atoms with Gasteiger partial charge in [-0.2, -0.15) is 15.8 Å². The molecule has 1 aliphatic rings. The normalized spacial score (nSPS) is 21.9. The molecule has 0 aromatic rings. The van der Waals surface area contributed by atoms with Gasteiger partial charge >= 0.3 is 0 Å². The molecule has 0 bridgehead atoms. The van der Waals surface area contributed by atoms with Crippen molar-refractivity contribution in [1.29, 1.82) is 21.2 Å². The van der Waals surface area contributed by atoms with Crippen molar-refractivity contribution in [2.24, 2.45) is 17.8 Å². The molecule has 0 fully saturated rings. The fraction of sp³-hybridized carbons (Fsp3) is 0.250. The smallest absolute Gasteiger partial charge is 0.148 e. The molecule has 0 atom stereocenters. The second-order valence-corrected chi connectivity index (χ2v) is 3.69. The van der Waals surface area contributed by atoms with Gasteiger partial charge in [-0.25, -0.2) is 17.6 Å². The minimum absolute atomic E-state index is 0.964. The number of nitrogens with zero attached hydrogens (tertiary/aromatic N) is 3. The van der Waals surface area contributed by atoms with Crippen LogP contribution in [0.15, 0.2) is 28.9 Å². The molecule has 0 saturated heterocycles. The SMILES string of the molecule is N#CC(=C=N)C1C(F)=C(F)C(C(C#N)C#N)C(F)=C1F. The molecule has 20 heavy (non-hydrogen) atoms. The number of hydrogen-bond donors (Lipinski definition) is 1. The molecule has 0 aromatic carbocycles. The van der Waals surface area contributed by atoms with Crippen molar-refractivity contribution in [2.45, 2.75) is 0 Å². The van der Waals surface area contributed by atoms with Gasteiger partial charge in [0.05, 0.1) is 18.1 Å². The molecule has 0 saturated carbocycles. The van der Waals surface area contributed by atoms with Gasteiger partial charge in [-0.3, -0.25) is 5.41 Å². The molecule has 1 N–H and O–H groups in total. The van der Waals surface area contributed by atoms with Gasteiger partial charge in [0.2, 0.25) is 0 Å². The average molecular weight is 280 g/mol. The first-order valence-electron chi connectivity index (χ1n) is 5.03. The van der Waals surface area contributed by atoms with Crippen LogP contribution in [-0.2, 0) is 0 Å². The Labute approximate surface area is 110 Å². The van der Waals surface area contributed by atoms with Crippen LogP contribution >= 0.6 is 0 Å². The molecule has 1 aliphatic carbocycles. The first kappa shape index (κ1) is 15.2. The number of halogens is 4. The van der Waals surface area contributed by atoms with E-state index in [1.54, 1.807) is 0 Å². The van der Waals surface area contributed by atoms with E-state index in [-0.39, 0.29) is 0 Å². The van der Waals surface area contributed by atoms with Crippen molar-refractivity contribution < 1.29 is 17.6 Å². The van der Waals surface area contributed by atoms with Crippen LogP contribution in [0.3, 0.4) is 0 Å². The minimum Gasteiger partial charge on any atom is -0.258 e. The molecule has 0 aromatic heterocycles. The highest BCUT2D eigenvalue weighted by atomic mass is 19.2. The summed E-state index contributed by atoms with van der Waals surface area (Å²) in [6.07, 6.45) is 0. The van der Waals surface area contributed by atoms with Gasteiger partial charge in [0.15, 0.2) is 0 Å². The largest absolute Gasteiger partial charge is 0.258 e. The van der Waals surface area contributed by atoms with Crippen molar-refractivity contribution in [2.75, 3.05) is 0 Å². The molecule has 8 heteroatoms. The Hall–Kier alpha value is -2.88. The lowest BCUT2D eigenvalue weighted by Gasteiger charge is -2.24. The molecule has 0 amide bonds. The summed E-state index contributed by atoms with van der Waals surface area (Å²) in [6.45, 7) is 0. The lowest BCUT2D eigenvalue weighted by atomic mass is 9.82. The molecular formula is C12H4F4N4. The van der Waals surface area contributed by atoms with Gasteiger partial charge in [-0.15, -0.1) is 0 Å². The van der Waals surface area contributed by atoms with Crippen LogP contribution in [0.1, 0.15) is 0 Å². The molecule has 1 rings (SSSR count). The lowest BCUT2D eigenvalue weighted by molar-refractivity contribution is 0.307. The van der Waals surface area contributed by atoms with Crippen LogP contribution < -0.4 is 0 Å². The number of allylic oxidation sites excluding steroid dienone is 5. The van der Waals surface area contributed by atoms with Crippen LogP contribution in [0.25, 0.3) is 0 Å². The van der Waals surface area contributed by atoms with Crippen molar-refractivity contribution in [3.8, 4) is 18.2 Å². The predicted octanol–water partition coefficient (Wildman–Crippen LogP) is 2.90. The highest BCUT2D eigenvalue weighted by Crippen LogP contribution is 2.46. The molecule has 0 spiro atoms. The Morgan fingerprint density at radius 3 is 1.70 bits per heavy atom. The summed E-state index contributed by atoms with van der Waals surface area (Å²) in [6, 6.07) is 3.66. The quantitative estimate of drug-likeness (QED) is 0.478. The van der Waals surface area contributed by atoms with Gasteiger partial charge in [-0.1, -0.05) is 0 Å². The van der Waals surface area contributed by atoms with E-state index in [1.165, 1.54) is 24.1 Å². The third-order valence-electron chi connectivity index (χ3n) is 2.66. The zero-order valence-electron chi connectivity index (χ0n) is 9.59. The summed E-state index contributed by atoms with van der Waals surface area (Å²) < 4.78 is 54.9. The zero-order valence-corrected chi connectivity index (χ0v) is 9.59. The monoisotopic (exact) mass is 280 g/mol. The molecule has 4 nitrogen and oxygen atoms in total. The minimum atomic E-state index is -2.34. The van der Waals surface area contributed by atoms with Crippen LogP contribution in [-0.4, -0.2) is 5.87 Å². The molecule has 0 heterocycles. The molecule has 0 unspecified atom stereocenters. The average Bonchev–Trinajstić information content (AvgIpc) is 2.46. The first-order chi connectivity index (χ1) is 9.44. The maximum absolute atomic E-state index is 13.7. The predicted molar refractivity (Wildman–Crippen MR) is 57.0 cm³/mol. The Morgan fingerprint density at radius 2 is 1.40 bits per heavy atom. The maximum atomic E-state index is 13.7. The third-order valence-corrected chi connectivity index (χ3v) is 2.66. The first-order valence-corrected chi connectivity index (χ1v) is 5.03. The van der Waals surface area contributed by atoms with Gasteiger partial charge in [-0.05, 0) is 5.87 Å². The standard InChI is InChI=1S/C12H4F4N4/c13-9-7(5(1-17)2-18)10(14)12(16)8(11(9)15)6(3-19)4-20/h5,7-8,19H. The van der Waals surface area contributed by atoms with Crippen molar-refractivity contribution >= 4 is 5.87 Å². The summed E-state index contributed by atoms with van der Waals surface area (Å²) in [7, 11) is 0. The van der Waals surface area contributed by atoms with E-state index in [4.69, 9.17) is 21.2 Å². The second kappa shape index (κ2) is 5.84. The van der Waals surface area contributed by atoms with Crippen molar-refractivity contribution in [3.63, 3.8) is 0 Å². The van der Waals surface area contributed by atoms with Gasteiger partial charge in [0.25, 0.3) is 0 Å². The molecular weight excluding hydrogens is 276 g/mol. The summed E-state index contributed by atoms with van der Waals surface area (Å²) in [5, 5.41) is 32.3. The molecule has 0 aliphatic heterocycles. The number of rotatable bonds is 2. The Kier molecular flexibility index (Phi) is 4.43. The Balaban J connectivity index is 3.52. The van der Waals surface area contributed by atoms with Gasteiger partial charge < -0.3 is 0 Å².